The van der Waals surface area contributed by atoms with Crippen LogP contribution in [0, 0.1) is 5.92 Å². The summed E-state index contributed by atoms with van der Waals surface area (Å²) in [6, 6.07) is 71.0. The lowest BCUT2D eigenvalue weighted by atomic mass is 9.99. The smallest absolute Gasteiger partial charge is 0.340 e. The zero-order chi connectivity index (χ0) is 86.7. The first-order valence-electron chi connectivity index (χ1n) is 41.3. The molecule has 16 rings (SSSR count). The van der Waals surface area contributed by atoms with E-state index in [4.69, 9.17) is 0 Å². The Morgan fingerprint density at radius 3 is 1.13 bits per heavy atom. The molecule has 126 heavy (non-hydrogen) atoms. The molecule has 0 aromatic heterocycles. The monoisotopic (exact) mass is 1840 g/mol. The van der Waals surface area contributed by atoms with Crippen LogP contribution < -0.4 is 24.5 Å². The number of sulfone groups is 1. The molecule has 0 N–H and O–H groups in total. The molecule has 25 heteroatoms. The Bertz CT molecular complexity index is 5290. The van der Waals surface area contributed by atoms with Crippen molar-refractivity contribution in [2.75, 3.05) is 160 Å². The predicted molar refractivity (Wildman–Crippen MR) is 528 cm³/mol. The number of rotatable bonds is 21. The van der Waals surface area contributed by atoms with Crippen LogP contribution in [0.1, 0.15) is 124 Å². The summed E-state index contributed by atoms with van der Waals surface area (Å²) in [5.41, 5.74) is 10.1. The van der Waals surface area contributed by atoms with E-state index in [1.54, 1.807) is 41.7 Å². The molecule has 6 aliphatic heterocycles. The number of quaternary nitrogens is 1. The lowest BCUT2D eigenvalue weighted by molar-refractivity contribution is -0.892. The van der Waals surface area contributed by atoms with Crippen molar-refractivity contribution in [3.05, 3.63) is 235 Å². The number of fused-ring (bicyclic) bond motifs is 10. The summed E-state index contributed by atoms with van der Waals surface area (Å²) in [5.74, 6) is 0.517. The number of carbonyl (C=O) groups excluding carboxylic acids is 1. The summed E-state index contributed by atoms with van der Waals surface area (Å²) in [6.45, 7) is 14.6. The normalized spacial score (nSPS) is 15.0. The van der Waals surface area contributed by atoms with Gasteiger partial charge in [-0.15, -0.1) is 0 Å². The van der Waals surface area contributed by atoms with Gasteiger partial charge in [-0.25, -0.2) is 8.42 Å². The van der Waals surface area contributed by atoms with E-state index >= 15 is 0 Å². The van der Waals surface area contributed by atoms with Gasteiger partial charge in [0.1, 0.15) is 6.04 Å². The van der Waals surface area contributed by atoms with Gasteiger partial charge < -0.3 is 48.6 Å². The molecule has 6 heterocycles. The largest absolute Gasteiger partial charge is 0.416 e. The molecule has 3 atom stereocenters. The Balaban J connectivity index is 0.000000214. The molecule has 10 aromatic rings. The average molecular weight is 1840 g/mol. The zero-order valence-corrected chi connectivity index (χ0v) is 76.6. The lowest BCUT2D eigenvalue weighted by Crippen LogP contribution is -2.49. The summed E-state index contributed by atoms with van der Waals surface area (Å²) >= 11 is 8.44. The van der Waals surface area contributed by atoms with Crippen molar-refractivity contribution in [3.63, 3.8) is 0 Å². The number of alkyl halides is 6. The van der Waals surface area contributed by atoms with Crippen molar-refractivity contribution in [1.29, 1.82) is 0 Å². The summed E-state index contributed by atoms with van der Waals surface area (Å²) in [6.07, 6.45) is 0.0355. The fourth-order valence-electron chi connectivity index (χ4n) is 15.5. The van der Waals surface area contributed by atoms with Gasteiger partial charge in [-0.1, -0.05) is 195 Å². The van der Waals surface area contributed by atoms with E-state index < -0.39 is 33.3 Å². The number of anilines is 10. The second kappa shape index (κ2) is 46.5. The molecule has 1 saturated heterocycles. The van der Waals surface area contributed by atoms with Crippen molar-refractivity contribution < 1.29 is 44.0 Å². The minimum atomic E-state index is -4.34. The zero-order valence-electron chi connectivity index (χ0n) is 71.7. The number of likely N-dealkylation sites (N-methyl/N-ethyl adjacent to an activating group) is 1. The maximum atomic E-state index is 13.2. The van der Waals surface area contributed by atoms with Crippen LogP contribution in [0.5, 0.6) is 0 Å². The fourth-order valence-corrected chi connectivity index (χ4v) is 21.6. The molecular formula is C101H133F6N10O3S6+. The Kier molecular flexibility index (Phi) is 38.7. The molecule has 682 valence electrons. The van der Waals surface area contributed by atoms with Gasteiger partial charge in [0.25, 0.3) is 0 Å². The van der Waals surface area contributed by atoms with Crippen LogP contribution in [0.3, 0.4) is 0 Å². The van der Waals surface area contributed by atoms with Crippen LogP contribution in [0.2, 0.25) is 0 Å². The van der Waals surface area contributed by atoms with Crippen LogP contribution in [0.4, 0.5) is 83.2 Å². The van der Waals surface area contributed by atoms with Crippen LogP contribution in [-0.4, -0.2) is 186 Å². The Hall–Kier alpha value is -8.05. The lowest BCUT2D eigenvalue weighted by Gasteiger charge is -2.39. The second-order valence-corrected chi connectivity index (χ2v) is 40.7. The number of benzene rings is 10. The van der Waals surface area contributed by atoms with Gasteiger partial charge in [0.2, 0.25) is 0 Å². The van der Waals surface area contributed by atoms with Gasteiger partial charge in [-0.05, 0) is 253 Å². The highest BCUT2D eigenvalue weighted by Gasteiger charge is 2.37. The molecule has 1 fully saturated rings. The third kappa shape index (κ3) is 26.6. The number of Topliss-reactive ketones (excluding diaryl/α,β-unsaturated/α-hetero) is 1. The van der Waals surface area contributed by atoms with E-state index in [9.17, 15) is 39.6 Å². The van der Waals surface area contributed by atoms with Crippen molar-refractivity contribution in [3.8, 4) is 0 Å². The first-order valence-corrected chi connectivity index (χ1v) is 47.3. The van der Waals surface area contributed by atoms with Crippen LogP contribution in [0.25, 0.3) is 0 Å². The van der Waals surface area contributed by atoms with Crippen molar-refractivity contribution in [1.82, 2.24) is 19.6 Å². The third-order valence-electron chi connectivity index (χ3n) is 22.3. The standard InChI is InChI=1S/C21H26N2O2S2.C20H24N2OS.C19H21F3N2S.C18H19F3N2S.C18H23N2S.5CH4/c1-22-13-6-5-7-16(22)12-14-23-18-8-3-4-9-20(18)26-21-11-10-17(15-19(21)23)27(2,24)25;1-4-18(23)15-10-11-20-17(14-15)22(13-7-12-21(2)3)16-8-5-6-9-19(16)24-20;1-13(11-23(2)3)12-24-15-6-4-5-7-17(15)25-18-9-8-14(10-16(18)24)19(20,21)22;1-22(2)10-5-11-23-14-6-3-4-7-16(14)24-17-9-8-13(12-15(17)23)18(19,20)21;1-14(20(2,3)4)13-19-15-9-5-7-11-17(15)21-18-12-8-6-10-16(18)19;;;;;/h3-4,8-11,15-16H,5-7,12-14H2,1-2H3;5-6,8-11,14H,4,7,12-13H2,1-3H3;4-10,13H,11-12H2,1-3H3;3-4,6-9,12H,5,10-11H2,1-2H3;5-12,14H,13H2,1-4H3;5*1H4/q;;;;+1;;;;;. The molecule has 0 amide bonds. The van der Waals surface area contributed by atoms with Crippen LogP contribution in [-0.2, 0) is 22.2 Å². The highest BCUT2D eigenvalue weighted by atomic mass is 32.2. The topological polar surface area (TPSA) is 80.4 Å². The third-order valence-corrected chi connectivity index (χ3v) is 29.0. The van der Waals surface area contributed by atoms with Gasteiger partial charge in [-0.3, -0.25) is 4.79 Å². The fraction of sp³-hybridized carbons (Fsp3) is 0.396. The minimum Gasteiger partial charge on any atom is -0.340 e. The number of piperidine rings is 1. The average Bonchev–Trinajstić information content (AvgIpc) is 0.767. The first-order chi connectivity index (χ1) is 57.6. The van der Waals surface area contributed by atoms with E-state index in [1.165, 1.54) is 121 Å². The van der Waals surface area contributed by atoms with Gasteiger partial charge >= 0.3 is 12.4 Å². The maximum absolute atomic E-state index is 13.2. The van der Waals surface area contributed by atoms with E-state index in [0.29, 0.717) is 53.8 Å². The van der Waals surface area contributed by atoms with Crippen LogP contribution in [0.15, 0.2) is 272 Å². The molecule has 13 nitrogen and oxygen atoms in total. The number of hydrogen-bond donors (Lipinski definition) is 0. The SMILES string of the molecule is C.C.C.C.C.CC(CN(C)C)CN1c2ccccc2Sc2ccc(C(F)(F)F)cc21.CC(CN1c2ccccc2Sc2ccccc21)[N+](C)(C)C.CCC(=O)c1ccc2c(c1)N(CCCN(C)C)c1ccccc1S2.CN(C)CCCN1c2ccccc2Sc2ccc(C(F)(F)F)cc21.CN1CCCCC1CCN1c2ccccc2Sc2ccc(S(C)(=O)=O)cc21. The molecule has 0 spiro atoms. The molecule has 10 aromatic carbocycles. The number of hydrogen-bond acceptors (Lipinski definition) is 17. The van der Waals surface area contributed by atoms with Gasteiger partial charge in [0.05, 0.1) is 101 Å². The van der Waals surface area contributed by atoms with Gasteiger partial charge in [0, 0.05) is 106 Å². The van der Waals surface area contributed by atoms with Crippen molar-refractivity contribution in [2.45, 2.75) is 181 Å². The summed E-state index contributed by atoms with van der Waals surface area (Å²) in [5, 5.41) is 0. The summed E-state index contributed by atoms with van der Waals surface area (Å²) in [4.78, 5) is 44.0. The first kappa shape index (κ1) is 105. The Labute approximate surface area is 771 Å². The van der Waals surface area contributed by atoms with Crippen molar-refractivity contribution >= 4 is 131 Å². The quantitative estimate of drug-likeness (QED) is 0.0389. The van der Waals surface area contributed by atoms with Crippen molar-refractivity contribution in [2.24, 2.45) is 5.92 Å². The molecule has 3 unspecified atom stereocenters. The highest BCUT2D eigenvalue weighted by Crippen LogP contribution is 2.55. The maximum Gasteiger partial charge on any atom is 0.416 e. The molecule has 0 aliphatic carbocycles. The number of nitrogens with zero attached hydrogens (tertiary/aromatic N) is 10. The molecule has 0 bridgehead atoms. The van der Waals surface area contributed by atoms with E-state index in [-0.39, 0.29) is 42.9 Å². The number of likely N-dealkylation sites (tertiary alicyclic amines) is 1. The van der Waals surface area contributed by atoms with E-state index in [1.807, 2.05) is 123 Å². The molecule has 6 aliphatic rings. The second-order valence-electron chi connectivity index (χ2n) is 33.3. The molecule has 0 radical (unpaired) electrons. The summed E-state index contributed by atoms with van der Waals surface area (Å²) in [7, 11) is 18.0. The Morgan fingerprint density at radius 1 is 0.437 bits per heavy atom. The van der Waals surface area contributed by atoms with Gasteiger partial charge in [-0.2, -0.15) is 26.3 Å². The number of ketones is 1. The van der Waals surface area contributed by atoms with Gasteiger partial charge in [0.15, 0.2) is 15.6 Å². The number of carbonyl (C=O) groups is 1. The highest BCUT2D eigenvalue weighted by molar-refractivity contribution is 8.00. The molecular weight excluding hydrogens is 1710 g/mol. The predicted octanol–water partition coefficient (Wildman–Crippen LogP) is 27.7. The Morgan fingerprint density at radius 2 is 0.770 bits per heavy atom. The van der Waals surface area contributed by atoms with E-state index in [2.05, 4.69) is 200 Å². The minimum absolute atomic E-state index is 0. The number of para-hydroxylation sites is 6. The van der Waals surface area contributed by atoms with Crippen LogP contribution >= 0.6 is 58.8 Å². The molecule has 0 saturated carbocycles. The number of halogens is 6. The van der Waals surface area contributed by atoms with E-state index in [0.717, 1.165) is 122 Å². The summed E-state index contributed by atoms with van der Waals surface area (Å²) < 4.78 is 104.